The average Bonchev–Trinajstić information content (AvgIpc) is 2.88. The highest BCUT2D eigenvalue weighted by atomic mass is 32.1. The summed E-state index contributed by atoms with van der Waals surface area (Å²) in [6, 6.07) is 11.0. The number of H-pyrrole nitrogens is 1. The van der Waals surface area contributed by atoms with E-state index in [-0.39, 0.29) is 11.1 Å². The number of nitrogens with one attached hydrogen (secondary N) is 1. The second-order valence-electron chi connectivity index (χ2n) is 4.35. The fraction of sp³-hybridized carbons (Fsp3) is 0. The van der Waals surface area contributed by atoms with Crippen LogP contribution < -0.4 is 11.1 Å². The lowest BCUT2D eigenvalue weighted by atomic mass is 10.2. The van der Waals surface area contributed by atoms with Gasteiger partial charge >= 0.3 is 0 Å². The van der Waals surface area contributed by atoms with Crippen LogP contribution in [0.15, 0.2) is 51.4 Å². The molecule has 19 heavy (non-hydrogen) atoms. The number of pyridine rings is 1. The predicted octanol–water partition coefficient (Wildman–Crippen LogP) is 2.36. The molecular formula is C14H8N2O2S. The third kappa shape index (κ3) is 1.33. The lowest BCUT2D eigenvalue weighted by molar-refractivity contribution is 1.12. The van der Waals surface area contributed by atoms with Crippen LogP contribution in [0.3, 0.4) is 0 Å². The number of thiophene rings is 1. The molecule has 0 aliphatic heterocycles. The van der Waals surface area contributed by atoms with E-state index in [4.69, 9.17) is 0 Å². The van der Waals surface area contributed by atoms with Gasteiger partial charge in [0.15, 0.2) is 0 Å². The molecule has 0 radical (unpaired) electrons. The maximum absolute atomic E-state index is 12.6. The van der Waals surface area contributed by atoms with Gasteiger partial charge in [-0.25, -0.2) is 0 Å². The van der Waals surface area contributed by atoms with Gasteiger partial charge in [0.2, 0.25) is 0 Å². The fourth-order valence-corrected chi connectivity index (χ4v) is 3.29. The number of hydrogen-bond donors (Lipinski definition) is 1. The number of fused-ring (bicyclic) bond motifs is 4. The number of aromatic nitrogens is 2. The van der Waals surface area contributed by atoms with Crippen molar-refractivity contribution < 1.29 is 0 Å². The van der Waals surface area contributed by atoms with Crippen LogP contribution in [0.4, 0.5) is 0 Å². The summed E-state index contributed by atoms with van der Waals surface area (Å²) in [5, 5.41) is 3.86. The zero-order valence-electron chi connectivity index (χ0n) is 9.71. The molecule has 1 N–H and O–H groups in total. The third-order valence-electron chi connectivity index (χ3n) is 3.26. The molecule has 0 fully saturated rings. The van der Waals surface area contributed by atoms with Gasteiger partial charge in [-0.05, 0) is 29.0 Å². The SMILES string of the molecule is O=c1[nH]c2cc3ccccc3c(=O)n2c2sccc12. The normalized spacial score (nSPS) is 11.6. The summed E-state index contributed by atoms with van der Waals surface area (Å²) in [7, 11) is 0. The van der Waals surface area contributed by atoms with Crippen molar-refractivity contribution in [2.75, 3.05) is 0 Å². The Kier molecular flexibility index (Phi) is 1.97. The Bertz CT molecular complexity index is 1060. The summed E-state index contributed by atoms with van der Waals surface area (Å²) in [4.78, 5) is 28.0. The molecule has 5 heteroatoms. The third-order valence-corrected chi connectivity index (χ3v) is 4.16. The fourth-order valence-electron chi connectivity index (χ4n) is 2.38. The van der Waals surface area contributed by atoms with Gasteiger partial charge < -0.3 is 4.98 Å². The number of hydrogen-bond acceptors (Lipinski definition) is 3. The van der Waals surface area contributed by atoms with Gasteiger partial charge in [0.1, 0.15) is 10.5 Å². The highest BCUT2D eigenvalue weighted by molar-refractivity contribution is 7.16. The number of benzene rings is 1. The average molecular weight is 268 g/mol. The highest BCUT2D eigenvalue weighted by Crippen LogP contribution is 2.19. The van der Waals surface area contributed by atoms with E-state index in [9.17, 15) is 9.59 Å². The van der Waals surface area contributed by atoms with Crippen molar-refractivity contribution in [2.24, 2.45) is 0 Å². The Hall–Kier alpha value is -2.40. The largest absolute Gasteiger partial charge is 0.307 e. The molecule has 0 spiro atoms. The van der Waals surface area contributed by atoms with E-state index < -0.39 is 0 Å². The van der Waals surface area contributed by atoms with E-state index in [0.29, 0.717) is 21.3 Å². The molecule has 1 aromatic carbocycles. The van der Waals surface area contributed by atoms with Gasteiger partial charge in [-0.15, -0.1) is 11.3 Å². The lowest BCUT2D eigenvalue weighted by Gasteiger charge is -2.04. The van der Waals surface area contributed by atoms with Gasteiger partial charge in [0.25, 0.3) is 11.1 Å². The minimum absolute atomic E-state index is 0.100. The molecule has 0 aliphatic carbocycles. The van der Waals surface area contributed by atoms with Crippen molar-refractivity contribution in [1.82, 2.24) is 9.38 Å². The van der Waals surface area contributed by atoms with E-state index in [2.05, 4.69) is 4.98 Å². The predicted molar refractivity (Wildman–Crippen MR) is 77.2 cm³/mol. The summed E-state index contributed by atoms with van der Waals surface area (Å²) in [5.41, 5.74) is 0.270. The first-order valence-corrected chi connectivity index (χ1v) is 6.68. The summed E-state index contributed by atoms with van der Waals surface area (Å²) < 4.78 is 1.57. The van der Waals surface area contributed by atoms with E-state index in [0.717, 1.165) is 5.39 Å². The molecule has 92 valence electrons. The molecule has 3 heterocycles. The minimum atomic E-state index is -0.161. The Morgan fingerprint density at radius 2 is 1.89 bits per heavy atom. The zero-order valence-corrected chi connectivity index (χ0v) is 10.5. The molecule has 4 rings (SSSR count). The van der Waals surface area contributed by atoms with Crippen LogP contribution in [-0.2, 0) is 0 Å². The number of rotatable bonds is 0. The monoisotopic (exact) mass is 268 g/mol. The molecule has 0 unspecified atom stereocenters. The maximum Gasteiger partial charge on any atom is 0.265 e. The van der Waals surface area contributed by atoms with E-state index >= 15 is 0 Å². The van der Waals surface area contributed by atoms with Crippen molar-refractivity contribution in [3.8, 4) is 0 Å². The second-order valence-corrected chi connectivity index (χ2v) is 5.25. The maximum atomic E-state index is 12.6. The summed E-state index contributed by atoms with van der Waals surface area (Å²) >= 11 is 1.40. The molecule has 0 aliphatic rings. The lowest BCUT2D eigenvalue weighted by Crippen LogP contribution is -2.19. The van der Waals surface area contributed by atoms with Crippen LogP contribution in [0.1, 0.15) is 0 Å². The van der Waals surface area contributed by atoms with Crippen LogP contribution >= 0.6 is 11.3 Å². The smallest absolute Gasteiger partial charge is 0.265 e. The Morgan fingerprint density at radius 3 is 2.79 bits per heavy atom. The van der Waals surface area contributed by atoms with Crippen molar-refractivity contribution in [3.05, 3.63) is 62.5 Å². The van der Waals surface area contributed by atoms with Crippen LogP contribution in [0.2, 0.25) is 0 Å². The summed E-state index contributed by atoms with van der Waals surface area (Å²) in [5.74, 6) is 0. The van der Waals surface area contributed by atoms with Gasteiger partial charge in [-0.3, -0.25) is 14.0 Å². The summed E-state index contributed by atoms with van der Waals surface area (Å²) in [6.07, 6.45) is 0. The molecule has 4 nitrogen and oxygen atoms in total. The molecule has 0 atom stereocenters. The quantitative estimate of drug-likeness (QED) is 0.498. The van der Waals surface area contributed by atoms with E-state index in [1.165, 1.54) is 11.3 Å². The topological polar surface area (TPSA) is 54.3 Å². The first-order chi connectivity index (χ1) is 9.25. The molecule has 4 aromatic rings. The van der Waals surface area contributed by atoms with Gasteiger partial charge in [0, 0.05) is 5.39 Å². The van der Waals surface area contributed by atoms with Gasteiger partial charge in [-0.1, -0.05) is 18.2 Å². The first kappa shape index (κ1) is 10.5. The summed E-state index contributed by atoms with van der Waals surface area (Å²) in [6.45, 7) is 0. The van der Waals surface area contributed by atoms with Crippen LogP contribution in [0.5, 0.6) is 0 Å². The Morgan fingerprint density at radius 1 is 1.05 bits per heavy atom. The van der Waals surface area contributed by atoms with Gasteiger partial charge in [0.05, 0.1) is 5.39 Å². The minimum Gasteiger partial charge on any atom is -0.307 e. The molecule has 0 saturated heterocycles. The molecule has 0 bridgehead atoms. The van der Waals surface area contributed by atoms with Crippen molar-refractivity contribution in [3.63, 3.8) is 0 Å². The van der Waals surface area contributed by atoms with Gasteiger partial charge in [-0.2, -0.15) is 0 Å². The van der Waals surface area contributed by atoms with Crippen molar-refractivity contribution in [1.29, 1.82) is 0 Å². The second kappa shape index (κ2) is 3.55. The van der Waals surface area contributed by atoms with Crippen LogP contribution in [0.25, 0.3) is 26.6 Å². The first-order valence-electron chi connectivity index (χ1n) is 5.80. The molecule has 0 saturated carbocycles. The van der Waals surface area contributed by atoms with Crippen molar-refractivity contribution >= 4 is 38.0 Å². The van der Waals surface area contributed by atoms with E-state index in [1.807, 2.05) is 29.6 Å². The molecule has 0 amide bonds. The van der Waals surface area contributed by atoms with E-state index in [1.54, 1.807) is 16.5 Å². The standard InChI is InChI=1S/C14H8N2O2S/c17-12-10-5-6-19-14(10)16-11(15-12)7-8-3-1-2-4-9(8)13(16)18/h1-7H,(H,15,17). The molecular weight excluding hydrogens is 260 g/mol. The van der Waals surface area contributed by atoms with Crippen molar-refractivity contribution in [2.45, 2.75) is 0 Å². The number of aromatic amines is 1. The Balaban J connectivity index is 2.44. The van der Waals surface area contributed by atoms with Crippen LogP contribution in [0, 0.1) is 0 Å². The number of nitrogens with zero attached hydrogens (tertiary/aromatic N) is 1. The zero-order chi connectivity index (χ0) is 13.0. The highest BCUT2D eigenvalue weighted by Gasteiger charge is 2.10. The van der Waals surface area contributed by atoms with Crippen LogP contribution in [-0.4, -0.2) is 9.38 Å². The Labute approximate surface area is 110 Å². The molecule has 3 aromatic heterocycles.